The number of nitrogens with zero attached hydrogens (tertiary/aromatic N) is 5. The summed E-state index contributed by atoms with van der Waals surface area (Å²) in [6.45, 7) is 0.141. The molecule has 3 aromatic rings. The highest BCUT2D eigenvalue weighted by atomic mass is 32.1. The number of aromatic nitrogens is 5. The topological polar surface area (TPSA) is 77.6 Å². The van der Waals surface area contributed by atoms with Crippen LogP contribution >= 0.6 is 11.3 Å². The van der Waals surface area contributed by atoms with Crippen molar-refractivity contribution in [3.8, 4) is 10.6 Å². The molecule has 0 aliphatic carbocycles. The average Bonchev–Trinajstić information content (AvgIpc) is 3.10. The number of hydrogen-bond donors (Lipinski definition) is 1. The molecule has 0 saturated carbocycles. The van der Waals surface area contributed by atoms with E-state index >= 15 is 0 Å². The summed E-state index contributed by atoms with van der Waals surface area (Å²) in [4.78, 5) is 14.3. The van der Waals surface area contributed by atoms with Gasteiger partial charge >= 0.3 is 0 Å². The number of carbonyl (C=O) groups is 1. The van der Waals surface area contributed by atoms with Crippen LogP contribution in [0.1, 0.15) is 0 Å². The smallest absolute Gasteiger partial charge is 0.247 e. The van der Waals surface area contributed by atoms with Gasteiger partial charge in [-0.25, -0.2) is 0 Å². The Bertz CT molecular complexity index is 714. The second kappa shape index (κ2) is 5.25. The van der Waals surface area contributed by atoms with Gasteiger partial charge in [-0.3, -0.25) is 9.48 Å². The van der Waals surface area contributed by atoms with Gasteiger partial charge in [0.1, 0.15) is 12.2 Å². The zero-order valence-corrected chi connectivity index (χ0v) is 11.5. The van der Waals surface area contributed by atoms with Gasteiger partial charge in [0, 0.05) is 13.2 Å². The Labute approximate surface area is 118 Å². The molecule has 0 saturated heterocycles. The number of anilines is 1. The van der Waals surface area contributed by atoms with Crippen LogP contribution in [0, 0.1) is 0 Å². The van der Waals surface area contributed by atoms with Gasteiger partial charge in [0.2, 0.25) is 5.91 Å². The quantitative estimate of drug-likeness (QED) is 0.786. The summed E-state index contributed by atoms with van der Waals surface area (Å²) in [5.41, 5.74) is 0.868. The lowest BCUT2D eigenvalue weighted by Crippen LogP contribution is -2.19. The first-order valence-electron chi connectivity index (χ1n) is 5.94. The number of hydrogen-bond acceptors (Lipinski definition) is 5. The van der Waals surface area contributed by atoms with E-state index in [4.69, 9.17) is 0 Å². The molecule has 0 aliphatic heterocycles. The van der Waals surface area contributed by atoms with E-state index < -0.39 is 0 Å². The highest BCUT2D eigenvalue weighted by molar-refractivity contribution is 7.13. The molecule has 0 unspecified atom stereocenters. The standard InChI is InChI=1S/C12H12N6OS/c1-17-13-7-11(16-17)14-12(19)8-18-5-4-9(15-18)10-3-2-6-20-10/h2-7H,8H2,1H3,(H,14,16,19). The third-order valence-corrected chi connectivity index (χ3v) is 3.48. The fourth-order valence-electron chi connectivity index (χ4n) is 1.74. The van der Waals surface area contributed by atoms with Gasteiger partial charge in [0.15, 0.2) is 5.82 Å². The Morgan fingerprint density at radius 2 is 2.30 bits per heavy atom. The van der Waals surface area contributed by atoms with Crippen molar-refractivity contribution in [3.05, 3.63) is 36.0 Å². The zero-order valence-electron chi connectivity index (χ0n) is 10.7. The highest BCUT2D eigenvalue weighted by Crippen LogP contribution is 2.22. The number of aryl methyl sites for hydroxylation is 1. The Morgan fingerprint density at radius 3 is 3.00 bits per heavy atom. The number of rotatable bonds is 4. The first-order valence-corrected chi connectivity index (χ1v) is 6.82. The summed E-state index contributed by atoms with van der Waals surface area (Å²) < 4.78 is 1.60. The van der Waals surface area contributed by atoms with Crippen molar-refractivity contribution >= 4 is 23.1 Å². The van der Waals surface area contributed by atoms with Gasteiger partial charge in [-0.1, -0.05) is 6.07 Å². The maximum Gasteiger partial charge on any atom is 0.247 e. The van der Waals surface area contributed by atoms with Crippen molar-refractivity contribution in [3.63, 3.8) is 0 Å². The van der Waals surface area contributed by atoms with Crippen LogP contribution in [-0.4, -0.2) is 30.7 Å². The summed E-state index contributed by atoms with van der Waals surface area (Å²) >= 11 is 1.62. The Morgan fingerprint density at radius 1 is 1.40 bits per heavy atom. The van der Waals surface area contributed by atoms with Crippen LogP contribution in [0.25, 0.3) is 10.6 Å². The van der Waals surface area contributed by atoms with Crippen LogP contribution in [0.2, 0.25) is 0 Å². The monoisotopic (exact) mass is 288 g/mol. The summed E-state index contributed by atoms with van der Waals surface area (Å²) in [6.07, 6.45) is 3.28. The van der Waals surface area contributed by atoms with E-state index in [0.717, 1.165) is 10.6 Å². The molecule has 7 nitrogen and oxygen atoms in total. The average molecular weight is 288 g/mol. The molecule has 8 heteroatoms. The molecule has 1 N–H and O–H groups in total. The van der Waals surface area contributed by atoms with Crippen LogP contribution in [0.15, 0.2) is 36.0 Å². The predicted octanol–water partition coefficient (Wildman–Crippen LogP) is 1.38. The first kappa shape index (κ1) is 12.5. The van der Waals surface area contributed by atoms with Gasteiger partial charge in [0.05, 0.1) is 11.1 Å². The minimum atomic E-state index is -0.189. The third-order valence-electron chi connectivity index (χ3n) is 2.59. The van der Waals surface area contributed by atoms with E-state index in [9.17, 15) is 4.79 Å². The van der Waals surface area contributed by atoms with Crippen LogP contribution in [0.5, 0.6) is 0 Å². The maximum atomic E-state index is 11.8. The van der Waals surface area contributed by atoms with Crippen molar-refractivity contribution in [2.45, 2.75) is 6.54 Å². The normalized spacial score (nSPS) is 10.7. The van der Waals surface area contributed by atoms with Crippen LogP contribution in [0.4, 0.5) is 5.82 Å². The molecular weight excluding hydrogens is 276 g/mol. The lowest BCUT2D eigenvalue weighted by Gasteiger charge is -2.01. The van der Waals surface area contributed by atoms with Gasteiger partial charge in [-0.15, -0.1) is 16.4 Å². The van der Waals surface area contributed by atoms with Gasteiger partial charge in [-0.2, -0.15) is 15.0 Å². The molecule has 3 aromatic heterocycles. The van der Waals surface area contributed by atoms with E-state index in [2.05, 4.69) is 20.6 Å². The summed E-state index contributed by atoms with van der Waals surface area (Å²) in [7, 11) is 1.69. The summed E-state index contributed by atoms with van der Waals surface area (Å²) in [5, 5.41) is 16.9. The number of nitrogens with one attached hydrogen (secondary N) is 1. The van der Waals surface area contributed by atoms with Gasteiger partial charge in [-0.05, 0) is 17.5 Å². The number of amides is 1. The molecule has 3 heterocycles. The maximum absolute atomic E-state index is 11.8. The van der Waals surface area contributed by atoms with E-state index in [-0.39, 0.29) is 12.5 Å². The van der Waals surface area contributed by atoms with Gasteiger partial charge < -0.3 is 5.32 Å². The highest BCUT2D eigenvalue weighted by Gasteiger charge is 2.08. The van der Waals surface area contributed by atoms with Gasteiger partial charge in [0.25, 0.3) is 0 Å². The molecule has 0 aromatic carbocycles. The molecule has 0 fully saturated rings. The lowest BCUT2D eigenvalue weighted by molar-refractivity contribution is -0.116. The number of thiophene rings is 1. The molecule has 0 spiro atoms. The molecule has 1 amide bonds. The second-order valence-corrected chi connectivity index (χ2v) is 5.09. The molecule has 0 bridgehead atoms. The minimum absolute atomic E-state index is 0.141. The van der Waals surface area contributed by atoms with Crippen molar-refractivity contribution in [2.24, 2.45) is 7.05 Å². The Hall–Kier alpha value is -2.48. The fraction of sp³-hybridized carbons (Fsp3) is 0.167. The molecule has 102 valence electrons. The Balaban J connectivity index is 1.64. The Kier molecular flexibility index (Phi) is 3.30. The number of carbonyl (C=O) groups excluding carboxylic acids is 1. The first-order chi connectivity index (χ1) is 9.70. The molecular formula is C12H12N6OS. The van der Waals surface area contributed by atoms with Crippen molar-refractivity contribution in [1.82, 2.24) is 24.8 Å². The van der Waals surface area contributed by atoms with Crippen LogP contribution < -0.4 is 5.32 Å². The summed E-state index contributed by atoms with van der Waals surface area (Å²) in [6, 6.07) is 5.86. The van der Waals surface area contributed by atoms with E-state index in [0.29, 0.717) is 5.82 Å². The third kappa shape index (κ3) is 2.75. The lowest BCUT2D eigenvalue weighted by atomic mass is 10.3. The van der Waals surface area contributed by atoms with E-state index in [1.807, 2.05) is 23.6 Å². The second-order valence-electron chi connectivity index (χ2n) is 4.14. The molecule has 0 radical (unpaired) electrons. The van der Waals surface area contributed by atoms with Crippen LogP contribution in [-0.2, 0) is 18.4 Å². The molecule has 20 heavy (non-hydrogen) atoms. The van der Waals surface area contributed by atoms with E-state index in [1.54, 1.807) is 29.3 Å². The predicted molar refractivity (Wildman–Crippen MR) is 75.2 cm³/mol. The SMILES string of the molecule is Cn1ncc(NC(=O)Cn2ccc(-c3cccs3)n2)n1. The van der Waals surface area contributed by atoms with Crippen molar-refractivity contribution in [1.29, 1.82) is 0 Å². The zero-order chi connectivity index (χ0) is 13.9. The summed E-state index contributed by atoms with van der Waals surface area (Å²) in [5.74, 6) is 0.245. The fourth-order valence-corrected chi connectivity index (χ4v) is 2.43. The molecule has 0 aliphatic rings. The molecule has 3 rings (SSSR count). The largest absolute Gasteiger partial charge is 0.306 e. The van der Waals surface area contributed by atoms with Crippen LogP contribution in [0.3, 0.4) is 0 Å². The molecule has 0 atom stereocenters. The minimum Gasteiger partial charge on any atom is -0.306 e. The van der Waals surface area contributed by atoms with Crippen molar-refractivity contribution < 1.29 is 4.79 Å². The van der Waals surface area contributed by atoms with Crippen molar-refractivity contribution in [2.75, 3.05) is 5.32 Å². The van der Waals surface area contributed by atoms with E-state index in [1.165, 1.54) is 11.0 Å².